The van der Waals surface area contributed by atoms with Crippen LogP contribution in [0.25, 0.3) is 22.1 Å². The van der Waals surface area contributed by atoms with Crippen molar-refractivity contribution in [1.82, 2.24) is 4.98 Å². The van der Waals surface area contributed by atoms with Gasteiger partial charge >= 0.3 is 5.63 Å². The monoisotopic (exact) mass is 309 g/mol. The molecule has 0 amide bonds. The van der Waals surface area contributed by atoms with E-state index < -0.39 is 0 Å². The number of oxazole rings is 1. The maximum atomic E-state index is 12.0. The smallest absolute Gasteiger partial charge is 0.340 e. The van der Waals surface area contributed by atoms with Gasteiger partial charge in [0.1, 0.15) is 11.1 Å². The van der Waals surface area contributed by atoms with E-state index in [1.165, 1.54) is 11.8 Å². The Morgan fingerprint density at radius 3 is 2.59 bits per heavy atom. The average Bonchev–Trinajstić information content (AvgIpc) is 2.95. The van der Waals surface area contributed by atoms with Crippen LogP contribution in [0.15, 0.2) is 73.4 Å². The highest BCUT2D eigenvalue weighted by Gasteiger charge is 2.09. The number of hydrogen-bond donors (Lipinski definition) is 0. The molecule has 2 aromatic heterocycles. The molecule has 0 bridgehead atoms. The summed E-state index contributed by atoms with van der Waals surface area (Å²) in [7, 11) is 0. The number of benzene rings is 2. The number of para-hydroxylation sites is 3. The molecule has 108 valence electrons. The summed E-state index contributed by atoms with van der Waals surface area (Å²) in [5, 5.41) is 1.46. The summed E-state index contributed by atoms with van der Waals surface area (Å²) in [5.41, 5.74) is 2.45. The van der Waals surface area contributed by atoms with Crippen LogP contribution in [0, 0.1) is 0 Å². The molecule has 2 heterocycles. The first-order chi connectivity index (χ1) is 10.8. The normalized spacial score (nSPS) is 11.3. The largest absolute Gasteiger partial charge is 0.431 e. The molecule has 2 aromatic carbocycles. The summed E-state index contributed by atoms with van der Waals surface area (Å²) in [6, 6.07) is 16.9. The second kappa shape index (κ2) is 5.35. The molecule has 4 aromatic rings. The highest BCUT2D eigenvalue weighted by atomic mass is 32.2. The van der Waals surface area contributed by atoms with Gasteiger partial charge in [-0.25, -0.2) is 9.78 Å². The first-order valence-electron chi connectivity index (χ1n) is 6.80. The highest BCUT2D eigenvalue weighted by molar-refractivity contribution is 7.98. The zero-order valence-corrected chi connectivity index (χ0v) is 12.3. The predicted molar refractivity (Wildman–Crippen MR) is 86.1 cm³/mol. The molecular formula is C17H11NO3S. The minimum atomic E-state index is -0.317. The van der Waals surface area contributed by atoms with Crippen molar-refractivity contribution in [3.8, 4) is 0 Å². The van der Waals surface area contributed by atoms with Crippen molar-refractivity contribution < 1.29 is 8.83 Å². The zero-order valence-electron chi connectivity index (χ0n) is 11.5. The number of hydrogen-bond acceptors (Lipinski definition) is 5. The summed E-state index contributed by atoms with van der Waals surface area (Å²) in [6.45, 7) is 0. The average molecular weight is 309 g/mol. The molecule has 0 atom stereocenters. The quantitative estimate of drug-likeness (QED) is 0.419. The third-order valence-corrected chi connectivity index (χ3v) is 4.22. The zero-order chi connectivity index (χ0) is 14.9. The molecule has 0 saturated carbocycles. The van der Waals surface area contributed by atoms with Gasteiger partial charge in [0.05, 0.1) is 0 Å². The van der Waals surface area contributed by atoms with Crippen molar-refractivity contribution in [2.45, 2.75) is 11.0 Å². The fourth-order valence-electron chi connectivity index (χ4n) is 2.26. The topological polar surface area (TPSA) is 56.2 Å². The van der Waals surface area contributed by atoms with Crippen LogP contribution in [0.3, 0.4) is 0 Å². The van der Waals surface area contributed by atoms with Gasteiger partial charge in [-0.15, -0.1) is 0 Å². The number of thioether (sulfide) groups is 1. The van der Waals surface area contributed by atoms with E-state index in [-0.39, 0.29) is 5.63 Å². The summed E-state index contributed by atoms with van der Waals surface area (Å²) >= 11 is 1.38. The Balaban J connectivity index is 1.63. The lowest BCUT2D eigenvalue weighted by Gasteiger charge is -2.00. The summed E-state index contributed by atoms with van der Waals surface area (Å²) < 4.78 is 11.0. The molecule has 0 aliphatic carbocycles. The van der Waals surface area contributed by atoms with Crippen LogP contribution in [0.1, 0.15) is 5.56 Å². The Hall–Kier alpha value is -2.53. The first kappa shape index (κ1) is 13.2. The Morgan fingerprint density at radius 1 is 0.955 bits per heavy atom. The summed E-state index contributed by atoms with van der Waals surface area (Å²) in [4.78, 5) is 16.4. The molecule has 0 unspecified atom stereocenters. The summed E-state index contributed by atoms with van der Waals surface area (Å²) in [5.74, 6) is 0.458. The van der Waals surface area contributed by atoms with Crippen molar-refractivity contribution in [1.29, 1.82) is 0 Å². The van der Waals surface area contributed by atoms with Crippen LogP contribution in [0.2, 0.25) is 0 Å². The molecular weight excluding hydrogens is 298 g/mol. The lowest BCUT2D eigenvalue weighted by molar-refractivity contribution is 0.489. The van der Waals surface area contributed by atoms with E-state index in [0.717, 1.165) is 16.5 Å². The molecule has 5 heteroatoms. The first-order valence-corrected chi connectivity index (χ1v) is 7.78. The molecule has 0 aliphatic heterocycles. The van der Waals surface area contributed by atoms with Crippen molar-refractivity contribution >= 4 is 33.8 Å². The van der Waals surface area contributed by atoms with Crippen LogP contribution in [0.4, 0.5) is 0 Å². The van der Waals surface area contributed by atoms with Gasteiger partial charge < -0.3 is 8.83 Å². The molecule has 0 radical (unpaired) electrons. The number of fused-ring (bicyclic) bond motifs is 2. The van der Waals surface area contributed by atoms with Crippen LogP contribution in [0.5, 0.6) is 0 Å². The van der Waals surface area contributed by atoms with Gasteiger partial charge in [0.2, 0.25) is 0 Å². The maximum Gasteiger partial charge on any atom is 0.340 e. The predicted octanol–water partition coefficient (Wildman–Crippen LogP) is 4.23. The highest BCUT2D eigenvalue weighted by Crippen LogP contribution is 2.26. The van der Waals surface area contributed by atoms with E-state index in [2.05, 4.69) is 4.98 Å². The Labute approximate surface area is 129 Å². The minimum Gasteiger partial charge on any atom is -0.431 e. The lowest BCUT2D eigenvalue weighted by atomic mass is 10.2. The number of aromatic nitrogens is 1. The third-order valence-electron chi connectivity index (χ3n) is 3.34. The molecule has 0 saturated heterocycles. The Morgan fingerprint density at radius 2 is 1.73 bits per heavy atom. The number of rotatable bonds is 3. The van der Waals surface area contributed by atoms with E-state index in [0.29, 0.717) is 22.1 Å². The van der Waals surface area contributed by atoms with Gasteiger partial charge in [-0.2, -0.15) is 0 Å². The van der Waals surface area contributed by atoms with Crippen molar-refractivity contribution in [2.24, 2.45) is 0 Å². The van der Waals surface area contributed by atoms with Crippen LogP contribution in [-0.2, 0) is 5.75 Å². The van der Waals surface area contributed by atoms with Gasteiger partial charge in [0.25, 0.3) is 5.22 Å². The van der Waals surface area contributed by atoms with E-state index in [9.17, 15) is 4.79 Å². The molecule has 4 nitrogen and oxygen atoms in total. The third kappa shape index (κ3) is 2.40. The lowest BCUT2D eigenvalue weighted by Crippen LogP contribution is -2.05. The van der Waals surface area contributed by atoms with E-state index in [1.807, 2.05) is 48.5 Å². The summed E-state index contributed by atoms with van der Waals surface area (Å²) in [6.07, 6.45) is 0. The van der Waals surface area contributed by atoms with E-state index in [1.54, 1.807) is 6.07 Å². The van der Waals surface area contributed by atoms with Gasteiger partial charge in [-0.05, 0) is 24.3 Å². The second-order valence-corrected chi connectivity index (χ2v) is 5.76. The van der Waals surface area contributed by atoms with Crippen molar-refractivity contribution in [2.75, 3.05) is 0 Å². The van der Waals surface area contributed by atoms with Crippen molar-refractivity contribution in [3.63, 3.8) is 0 Å². The standard InChI is InChI=1S/C17H11NO3S/c19-16-12(9-11-5-1-3-7-14(11)20-16)10-22-17-18-13-6-2-4-8-15(13)21-17/h1-9H,10H2. The van der Waals surface area contributed by atoms with E-state index in [4.69, 9.17) is 8.83 Å². The van der Waals surface area contributed by atoms with Gasteiger partial charge in [0, 0.05) is 16.7 Å². The second-order valence-electron chi connectivity index (χ2n) is 4.83. The molecule has 0 fully saturated rings. The number of nitrogens with zero attached hydrogens (tertiary/aromatic N) is 1. The molecule has 4 rings (SSSR count). The van der Waals surface area contributed by atoms with Crippen LogP contribution in [-0.4, -0.2) is 4.98 Å². The minimum absolute atomic E-state index is 0.317. The molecule has 0 aliphatic rings. The molecule has 0 spiro atoms. The fourth-order valence-corrected chi connectivity index (χ4v) is 3.05. The van der Waals surface area contributed by atoms with Crippen LogP contribution >= 0.6 is 11.8 Å². The molecule has 0 N–H and O–H groups in total. The van der Waals surface area contributed by atoms with Crippen LogP contribution < -0.4 is 5.63 Å². The molecule has 22 heavy (non-hydrogen) atoms. The van der Waals surface area contributed by atoms with Gasteiger partial charge in [-0.3, -0.25) is 0 Å². The fraction of sp³-hybridized carbons (Fsp3) is 0.0588. The van der Waals surface area contributed by atoms with E-state index >= 15 is 0 Å². The Bertz CT molecular complexity index is 986. The SMILES string of the molecule is O=c1oc2ccccc2cc1CSc1nc2ccccc2o1. The Kier molecular flexibility index (Phi) is 3.20. The van der Waals surface area contributed by atoms with Crippen molar-refractivity contribution in [3.05, 3.63) is 70.6 Å². The van der Waals surface area contributed by atoms with Gasteiger partial charge in [-0.1, -0.05) is 42.1 Å². The van der Waals surface area contributed by atoms with Gasteiger partial charge in [0.15, 0.2) is 5.58 Å². The maximum absolute atomic E-state index is 12.0.